The minimum absolute atomic E-state index is 0.349. The second-order valence-electron chi connectivity index (χ2n) is 9.48. The van der Waals surface area contributed by atoms with E-state index in [2.05, 4.69) is 89.0 Å². The van der Waals surface area contributed by atoms with Crippen molar-refractivity contribution in [2.45, 2.75) is 19.9 Å². The van der Waals surface area contributed by atoms with Crippen LogP contribution in [0.5, 0.6) is 0 Å². The molecule has 6 heteroatoms. The first-order valence-electron chi connectivity index (χ1n) is 12.3. The second-order valence-corrected chi connectivity index (χ2v) is 9.91. The van der Waals surface area contributed by atoms with Gasteiger partial charge in [0, 0.05) is 53.8 Å². The maximum absolute atomic E-state index is 6.35. The fourth-order valence-electron chi connectivity index (χ4n) is 5.21. The van der Waals surface area contributed by atoms with Gasteiger partial charge in [-0.2, -0.15) is 0 Å². The predicted octanol–water partition coefficient (Wildman–Crippen LogP) is 6.76. The molecule has 0 radical (unpaired) electrons. The minimum atomic E-state index is 0.349. The summed E-state index contributed by atoms with van der Waals surface area (Å²) in [4.78, 5) is 14.5. The number of aromatic nitrogens is 3. The average molecular weight is 494 g/mol. The van der Waals surface area contributed by atoms with E-state index in [1.54, 1.807) is 6.33 Å². The van der Waals surface area contributed by atoms with E-state index in [9.17, 15) is 0 Å². The summed E-state index contributed by atoms with van der Waals surface area (Å²) in [6.07, 6.45) is 3.85. The first-order chi connectivity index (χ1) is 17.6. The van der Waals surface area contributed by atoms with Crippen LogP contribution in [0.3, 0.4) is 0 Å². The monoisotopic (exact) mass is 493 g/mol. The molecule has 0 aliphatic carbocycles. The lowest BCUT2D eigenvalue weighted by Crippen LogP contribution is -2.52. The number of hydrogen-bond acceptors (Lipinski definition) is 4. The van der Waals surface area contributed by atoms with E-state index in [0.29, 0.717) is 11.1 Å². The number of rotatable bonds is 4. The van der Waals surface area contributed by atoms with Crippen molar-refractivity contribution in [1.29, 1.82) is 0 Å². The normalized spacial score (nSPS) is 16.0. The van der Waals surface area contributed by atoms with E-state index in [1.807, 2.05) is 24.3 Å². The number of anilines is 2. The Balaban J connectivity index is 1.44. The summed E-state index contributed by atoms with van der Waals surface area (Å²) in [6, 6.07) is 27.6. The molecule has 3 aromatic carbocycles. The van der Waals surface area contributed by atoms with Crippen molar-refractivity contribution in [3.63, 3.8) is 0 Å². The molecule has 3 heterocycles. The Morgan fingerprint density at radius 3 is 2.42 bits per heavy atom. The molecular weight excluding hydrogens is 466 g/mol. The van der Waals surface area contributed by atoms with Crippen molar-refractivity contribution >= 4 is 34.1 Å². The van der Waals surface area contributed by atoms with Gasteiger partial charge in [0.25, 0.3) is 0 Å². The summed E-state index contributed by atoms with van der Waals surface area (Å²) in [5.41, 5.74) is 6.69. The lowest BCUT2D eigenvalue weighted by molar-refractivity contribution is 0.548. The topological polar surface area (TPSA) is 37.2 Å². The van der Waals surface area contributed by atoms with Gasteiger partial charge in [-0.3, -0.25) is 0 Å². The quantitative estimate of drug-likeness (QED) is 0.277. The van der Waals surface area contributed by atoms with E-state index < -0.39 is 0 Å². The van der Waals surface area contributed by atoms with Crippen LogP contribution in [0.15, 0.2) is 91.4 Å². The summed E-state index contributed by atoms with van der Waals surface area (Å²) in [5, 5.41) is 1.77. The zero-order valence-electron chi connectivity index (χ0n) is 20.5. The van der Waals surface area contributed by atoms with Gasteiger partial charge < -0.3 is 14.4 Å². The fourth-order valence-corrected chi connectivity index (χ4v) is 5.40. The zero-order chi connectivity index (χ0) is 24.6. The van der Waals surface area contributed by atoms with E-state index in [-0.39, 0.29) is 0 Å². The van der Waals surface area contributed by atoms with Gasteiger partial charge in [0.2, 0.25) is 0 Å². The van der Waals surface area contributed by atoms with Crippen LogP contribution >= 0.6 is 11.6 Å². The minimum Gasteiger partial charge on any atom is -0.365 e. The summed E-state index contributed by atoms with van der Waals surface area (Å²) in [7, 11) is 0. The van der Waals surface area contributed by atoms with E-state index >= 15 is 0 Å². The number of benzene rings is 3. The average Bonchev–Trinajstić information content (AvgIpc) is 3.30. The third-order valence-electron chi connectivity index (χ3n) is 7.03. The van der Waals surface area contributed by atoms with E-state index in [1.165, 1.54) is 11.3 Å². The number of hydrogen-bond donors (Lipinski definition) is 0. The highest BCUT2D eigenvalue weighted by Crippen LogP contribution is 2.38. The summed E-state index contributed by atoms with van der Waals surface area (Å²) < 4.78 is 2.13. The largest absolute Gasteiger partial charge is 0.365 e. The number of nitrogens with zero attached hydrogens (tertiary/aromatic N) is 5. The molecule has 5 aromatic rings. The molecule has 1 aliphatic heterocycles. The van der Waals surface area contributed by atoms with Crippen molar-refractivity contribution in [2.24, 2.45) is 0 Å². The van der Waals surface area contributed by atoms with E-state index in [0.717, 1.165) is 53.3 Å². The van der Waals surface area contributed by atoms with Crippen molar-refractivity contribution in [3.8, 4) is 16.8 Å². The van der Waals surface area contributed by atoms with Gasteiger partial charge in [0.15, 0.2) is 5.65 Å². The number of piperazine rings is 1. The molecule has 180 valence electrons. The molecule has 5 nitrogen and oxygen atoms in total. The molecular formula is C30H28ClN5. The smallest absolute Gasteiger partial charge is 0.150 e. The SMILES string of the molecule is Cc1ccc(N2CCN(c3ncnc4c3c(-c3ccccc3)cn4-c3cccc(Cl)c3)CC2C)cc1. The van der Waals surface area contributed by atoms with Gasteiger partial charge in [-0.1, -0.05) is 65.7 Å². The van der Waals surface area contributed by atoms with Gasteiger partial charge in [0.1, 0.15) is 12.1 Å². The van der Waals surface area contributed by atoms with Crippen molar-refractivity contribution in [1.82, 2.24) is 14.5 Å². The summed E-state index contributed by atoms with van der Waals surface area (Å²) in [5.74, 6) is 0.982. The van der Waals surface area contributed by atoms with Crippen LogP contribution in [0.2, 0.25) is 5.02 Å². The van der Waals surface area contributed by atoms with Crippen LogP contribution in [0.25, 0.3) is 27.8 Å². The molecule has 1 fully saturated rings. The number of halogens is 1. The Morgan fingerprint density at radius 2 is 1.67 bits per heavy atom. The molecule has 2 aromatic heterocycles. The fraction of sp³-hybridized carbons (Fsp3) is 0.200. The van der Waals surface area contributed by atoms with Crippen molar-refractivity contribution < 1.29 is 0 Å². The van der Waals surface area contributed by atoms with Crippen LogP contribution in [0.1, 0.15) is 12.5 Å². The molecule has 1 aliphatic rings. The van der Waals surface area contributed by atoms with Gasteiger partial charge in [-0.25, -0.2) is 9.97 Å². The van der Waals surface area contributed by atoms with Crippen LogP contribution in [0.4, 0.5) is 11.5 Å². The Kier molecular flexibility index (Phi) is 5.86. The molecule has 36 heavy (non-hydrogen) atoms. The van der Waals surface area contributed by atoms with Crippen LogP contribution in [-0.2, 0) is 0 Å². The lowest BCUT2D eigenvalue weighted by Gasteiger charge is -2.42. The maximum Gasteiger partial charge on any atom is 0.150 e. The Bertz CT molecular complexity index is 1510. The third-order valence-corrected chi connectivity index (χ3v) is 7.26. The molecule has 1 unspecified atom stereocenters. The van der Waals surface area contributed by atoms with Gasteiger partial charge >= 0.3 is 0 Å². The zero-order valence-corrected chi connectivity index (χ0v) is 21.2. The maximum atomic E-state index is 6.35. The highest BCUT2D eigenvalue weighted by atomic mass is 35.5. The molecule has 0 spiro atoms. The molecule has 6 rings (SSSR count). The van der Waals surface area contributed by atoms with E-state index in [4.69, 9.17) is 21.6 Å². The van der Waals surface area contributed by atoms with Gasteiger partial charge in [-0.15, -0.1) is 0 Å². The van der Waals surface area contributed by atoms with Gasteiger partial charge in [0.05, 0.1) is 5.39 Å². The first kappa shape index (κ1) is 22.6. The van der Waals surface area contributed by atoms with Crippen molar-refractivity contribution in [2.75, 3.05) is 29.4 Å². The van der Waals surface area contributed by atoms with Crippen LogP contribution in [0, 0.1) is 6.92 Å². The highest BCUT2D eigenvalue weighted by molar-refractivity contribution is 6.30. The van der Waals surface area contributed by atoms with Gasteiger partial charge in [-0.05, 0) is 49.7 Å². The molecule has 0 saturated carbocycles. The third kappa shape index (κ3) is 4.10. The van der Waals surface area contributed by atoms with Crippen LogP contribution < -0.4 is 9.80 Å². The van der Waals surface area contributed by atoms with Crippen molar-refractivity contribution in [3.05, 3.63) is 102 Å². The number of fused-ring (bicyclic) bond motifs is 1. The molecule has 0 amide bonds. The predicted molar refractivity (Wildman–Crippen MR) is 150 cm³/mol. The molecule has 1 saturated heterocycles. The Morgan fingerprint density at radius 1 is 0.861 bits per heavy atom. The highest BCUT2D eigenvalue weighted by Gasteiger charge is 2.28. The first-order valence-corrected chi connectivity index (χ1v) is 12.7. The summed E-state index contributed by atoms with van der Waals surface area (Å²) in [6.45, 7) is 7.13. The molecule has 0 bridgehead atoms. The Hall–Kier alpha value is -3.83. The number of aryl methyl sites for hydroxylation is 1. The summed E-state index contributed by atoms with van der Waals surface area (Å²) >= 11 is 6.35. The standard InChI is InChI=1S/C30H28ClN5/c1-21-11-13-25(14-12-21)35-16-15-34(18-22(35)2)29-28-27(23-7-4-3-5-8-23)19-36(30(28)33-20-32-29)26-10-6-9-24(31)17-26/h3-14,17,19-20,22H,15-16,18H2,1-2H3. The second kappa shape index (κ2) is 9.32. The Labute approximate surface area is 216 Å². The van der Waals surface area contributed by atoms with Crippen LogP contribution in [-0.4, -0.2) is 40.2 Å². The molecule has 0 N–H and O–H groups in total. The lowest BCUT2D eigenvalue weighted by atomic mass is 10.1. The molecule has 1 atom stereocenters.